The number of amides is 3. The summed E-state index contributed by atoms with van der Waals surface area (Å²) in [6.07, 6.45) is 3.85. The number of fused-ring (bicyclic) bond motifs is 2. The zero-order valence-corrected chi connectivity index (χ0v) is 16.7. The first-order valence-corrected chi connectivity index (χ1v) is 10.3. The molecule has 0 aromatic heterocycles. The van der Waals surface area contributed by atoms with Crippen LogP contribution in [0.2, 0.25) is 0 Å². The van der Waals surface area contributed by atoms with Gasteiger partial charge in [-0.1, -0.05) is 24.6 Å². The topological polar surface area (TPSA) is 66.9 Å². The van der Waals surface area contributed by atoms with Crippen LogP contribution in [0.4, 0.5) is 4.39 Å². The fourth-order valence-corrected chi connectivity index (χ4v) is 5.31. The van der Waals surface area contributed by atoms with Crippen molar-refractivity contribution in [2.24, 2.45) is 5.92 Å². The van der Waals surface area contributed by atoms with Gasteiger partial charge in [0, 0.05) is 38.1 Å². The number of methoxy groups -OCH3 is 1. The van der Waals surface area contributed by atoms with Gasteiger partial charge in [0.2, 0.25) is 17.7 Å². The highest BCUT2D eigenvalue weighted by molar-refractivity contribution is 6.10. The molecule has 7 heteroatoms. The molecule has 3 amide bonds. The molecule has 3 aliphatic rings. The van der Waals surface area contributed by atoms with Crippen LogP contribution in [0.1, 0.15) is 44.1 Å². The third-order valence-electron chi connectivity index (χ3n) is 6.74. The minimum absolute atomic E-state index is 0.104. The van der Waals surface area contributed by atoms with Crippen molar-refractivity contribution in [1.29, 1.82) is 0 Å². The molecule has 6 nitrogen and oxygen atoms in total. The number of imide groups is 1. The van der Waals surface area contributed by atoms with Crippen LogP contribution in [-0.4, -0.2) is 60.4 Å². The minimum atomic E-state index is -1.48. The summed E-state index contributed by atoms with van der Waals surface area (Å²) in [5.41, 5.74) is -1.35. The first-order chi connectivity index (χ1) is 14.0. The van der Waals surface area contributed by atoms with Gasteiger partial charge in [0.15, 0.2) is 0 Å². The lowest BCUT2D eigenvalue weighted by molar-refractivity contribution is -0.143. The predicted molar refractivity (Wildman–Crippen MR) is 103 cm³/mol. The Bertz CT molecular complexity index is 829. The summed E-state index contributed by atoms with van der Waals surface area (Å²) in [6.45, 7) is 1.01. The van der Waals surface area contributed by atoms with Crippen molar-refractivity contribution in [3.8, 4) is 0 Å². The molecule has 1 aliphatic carbocycles. The van der Waals surface area contributed by atoms with Crippen LogP contribution in [-0.2, 0) is 24.5 Å². The fraction of sp³-hybridized carbons (Fsp3) is 0.591. The van der Waals surface area contributed by atoms with Crippen LogP contribution in [0.5, 0.6) is 0 Å². The number of nitrogens with zero attached hydrogens (tertiary/aromatic N) is 2. The van der Waals surface area contributed by atoms with Gasteiger partial charge >= 0.3 is 0 Å². The number of hydrogen-bond donors (Lipinski definition) is 0. The van der Waals surface area contributed by atoms with Crippen molar-refractivity contribution in [2.75, 3.05) is 26.8 Å². The Morgan fingerprint density at radius 3 is 2.79 bits per heavy atom. The molecule has 29 heavy (non-hydrogen) atoms. The number of halogens is 1. The molecular weight excluding hydrogens is 375 g/mol. The molecule has 3 fully saturated rings. The second-order valence-electron chi connectivity index (χ2n) is 8.49. The Kier molecular flexibility index (Phi) is 5.42. The highest BCUT2D eigenvalue weighted by Gasteiger charge is 2.55. The maximum Gasteiger partial charge on any atom is 0.241 e. The van der Waals surface area contributed by atoms with Crippen molar-refractivity contribution >= 4 is 17.7 Å². The zero-order chi connectivity index (χ0) is 20.6. The molecule has 4 rings (SSSR count). The quantitative estimate of drug-likeness (QED) is 0.685. The van der Waals surface area contributed by atoms with Crippen molar-refractivity contribution in [3.63, 3.8) is 0 Å². The van der Waals surface area contributed by atoms with E-state index in [2.05, 4.69) is 0 Å². The van der Waals surface area contributed by atoms with Gasteiger partial charge in [-0.3, -0.25) is 19.3 Å². The summed E-state index contributed by atoms with van der Waals surface area (Å²) in [7, 11) is 1.49. The van der Waals surface area contributed by atoms with Crippen LogP contribution in [0.3, 0.4) is 0 Å². The number of benzene rings is 1. The number of likely N-dealkylation sites (tertiary alicyclic amines) is 2. The van der Waals surface area contributed by atoms with Crippen LogP contribution >= 0.6 is 0 Å². The molecule has 0 radical (unpaired) electrons. The molecule has 2 saturated heterocycles. The first-order valence-electron chi connectivity index (χ1n) is 10.3. The van der Waals surface area contributed by atoms with Crippen LogP contribution in [0, 0.1) is 11.7 Å². The van der Waals surface area contributed by atoms with Gasteiger partial charge in [-0.05, 0) is 31.2 Å². The van der Waals surface area contributed by atoms with E-state index in [-0.39, 0.29) is 49.4 Å². The molecule has 0 spiro atoms. The number of hydrogen-bond acceptors (Lipinski definition) is 4. The Labute approximate surface area is 170 Å². The second kappa shape index (κ2) is 7.86. The normalized spacial score (nSPS) is 29.0. The molecule has 2 bridgehead atoms. The van der Waals surface area contributed by atoms with E-state index >= 15 is 0 Å². The van der Waals surface area contributed by atoms with Gasteiger partial charge in [-0.15, -0.1) is 0 Å². The van der Waals surface area contributed by atoms with Crippen LogP contribution in [0.25, 0.3) is 0 Å². The molecule has 1 aromatic carbocycles. The molecule has 0 unspecified atom stereocenters. The summed E-state index contributed by atoms with van der Waals surface area (Å²) >= 11 is 0. The monoisotopic (exact) mass is 402 g/mol. The van der Waals surface area contributed by atoms with Gasteiger partial charge in [0.1, 0.15) is 5.82 Å². The van der Waals surface area contributed by atoms with Gasteiger partial charge in [0.05, 0.1) is 18.6 Å². The van der Waals surface area contributed by atoms with Gasteiger partial charge in [-0.25, -0.2) is 4.39 Å². The molecule has 1 aromatic rings. The first kappa shape index (κ1) is 20.0. The summed E-state index contributed by atoms with van der Waals surface area (Å²) in [5, 5.41) is 0. The van der Waals surface area contributed by atoms with Crippen LogP contribution < -0.4 is 0 Å². The lowest BCUT2D eigenvalue weighted by Gasteiger charge is -2.31. The predicted octanol–water partition coefficient (Wildman–Crippen LogP) is 2.26. The van der Waals surface area contributed by atoms with Crippen molar-refractivity contribution in [2.45, 2.75) is 50.0 Å². The Morgan fingerprint density at radius 2 is 2.07 bits per heavy atom. The minimum Gasteiger partial charge on any atom is -0.383 e. The molecular formula is C22H27FN2O4. The van der Waals surface area contributed by atoms with E-state index in [1.54, 1.807) is 12.1 Å². The number of rotatable bonds is 6. The molecule has 3 atom stereocenters. The number of carbonyl (C=O) groups is 3. The molecule has 0 N–H and O–H groups in total. The van der Waals surface area contributed by atoms with Crippen molar-refractivity contribution in [1.82, 2.24) is 9.80 Å². The largest absolute Gasteiger partial charge is 0.383 e. The Balaban J connectivity index is 1.67. The van der Waals surface area contributed by atoms with Gasteiger partial charge < -0.3 is 9.64 Å². The van der Waals surface area contributed by atoms with E-state index < -0.39 is 17.1 Å². The average molecular weight is 402 g/mol. The summed E-state index contributed by atoms with van der Waals surface area (Å²) in [4.78, 5) is 42.4. The van der Waals surface area contributed by atoms with E-state index in [1.165, 1.54) is 19.2 Å². The van der Waals surface area contributed by atoms with E-state index in [9.17, 15) is 18.8 Å². The SMILES string of the molecule is COCCN1C(=O)C[C@@](CC(=O)N2C[C@@H]3CCC[C@H]2C3)(c2ccccc2F)C1=O. The number of ether oxygens (including phenoxy) is 1. The van der Waals surface area contributed by atoms with Crippen molar-refractivity contribution in [3.05, 3.63) is 35.6 Å². The van der Waals surface area contributed by atoms with E-state index in [0.29, 0.717) is 12.5 Å². The fourth-order valence-electron chi connectivity index (χ4n) is 5.31. The summed E-state index contributed by atoms with van der Waals surface area (Å²) in [6, 6.07) is 6.19. The third-order valence-corrected chi connectivity index (χ3v) is 6.74. The average Bonchev–Trinajstić information content (AvgIpc) is 3.13. The van der Waals surface area contributed by atoms with E-state index in [0.717, 1.165) is 30.6 Å². The van der Waals surface area contributed by atoms with Gasteiger partial charge in [-0.2, -0.15) is 0 Å². The summed E-state index contributed by atoms with van der Waals surface area (Å²) in [5.74, 6) is -1.09. The second-order valence-corrected chi connectivity index (χ2v) is 8.49. The maximum absolute atomic E-state index is 14.8. The highest BCUT2D eigenvalue weighted by atomic mass is 19.1. The van der Waals surface area contributed by atoms with Crippen LogP contribution in [0.15, 0.2) is 24.3 Å². The lowest BCUT2D eigenvalue weighted by atomic mass is 9.75. The summed E-state index contributed by atoms with van der Waals surface area (Å²) < 4.78 is 19.8. The molecule has 156 valence electrons. The zero-order valence-electron chi connectivity index (χ0n) is 16.7. The van der Waals surface area contributed by atoms with Crippen molar-refractivity contribution < 1.29 is 23.5 Å². The third kappa shape index (κ3) is 3.45. The lowest BCUT2D eigenvalue weighted by Crippen LogP contribution is -2.45. The molecule has 1 saturated carbocycles. The Morgan fingerprint density at radius 1 is 1.28 bits per heavy atom. The number of carbonyl (C=O) groups excluding carboxylic acids is 3. The van der Waals surface area contributed by atoms with E-state index in [4.69, 9.17) is 4.74 Å². The standard InChI is InChI=1S/C22H27FN2O4/c1-29-10-9-24-19(26)12-22(21(24)28,17-7-2-3-8-18(17)23)13-20(27)25-14-15-5-4-6-16(25)11-15/h2-3,7-8,15-16H,4-6,9-14H2,1H3/t15-,16+,22-/m1/s1. The maximum atomic E-state index is 14.8. The smallest absolute Gasteiger partial charge is 0.241 e. The molecule has 2 heterocycles. The highest BCUT2D eigenvalue weighted by Crippen LogP contribution is 2.43. The Hall–Kier alpha value is -2.28. The van der Waals surface area contributed by atoms with E-state index in [1.807, 2.05) is 4.90 Å². The van der Waals surface area contributed by atoms with Gasteiger partial charge in [0.25, 0.3) is 0 Å². The molecule has 2 aliphatic heterocycles.